The summed E-state index contributed by atoms with van der Waals surface area (Å²) in [5.74, 6) is 0.0831. The first-order valence-electron chi connectivity index (χ1n) is 5.66. The molecule has 0 aliphatic heterocycles. The molecule has 0 radical (unpaired) electrons. The molecule has 0 saturated heterocycles. The van der Waals surface area contributed by atoms with Crippen LogP contribution in [0.1, 0.15) is 33.6 Å². The number of amides is 1. The van der Waals surface area contributed by atoms with Crippen LogP contribution in [0.4, 0.5) is 0 Å². The molecule has 0 fully saturated rings. The second-order valence-electron chi connectivity index (χ2n) is 3.65. The standard InChI is InChI=1S/C11H24N2OS/c1-5-11(6-2,15-4)9-12-8-10(14)13-7-3/h12H,5-9H2,1-4H3,(H,13,14). The van der Waals surface area contributed by atoms with E-state index in [1.807, 2.05) is 18.7 Å². The molecule has 0 aromatic heterocycles. The molecule has 15 heavy (non-hydrogen) atoms. The maximum atomic E-state index is 11.2. The maximum absolute atomic E-state index is 11.2. The summed E-state index contributed by atoms with van der Waals surface area (Å²) in [5.41, 5.74) is 0. The van der Waals surface area contributed by atoms with Gasteiger partial charge in [0, 0.05) is 17.8 Å². The lowest BCUT2D eigenvalue weighted by Crippen LogP contribution is -2.41. The van der Waals surface area contributed by atoms with Crippen LogP contribution in [0.15, 0.2) is 0 Å². The van der Waals surface area contributed by atoms with Crippen LogP contribution < -0.4 is 10.6 Å². The molecule has 2 N–H and O–H groups in total. The van der Waals surface area contributed by atoms with Gasteiger partial charge in [-0.2, -0.15) is 11.8 Å². The van der Waals surface area contributed by atoms with E-state index in [0.717, 1.165) is 19.4 Å². The Balaban J connectivity index is 3.85. The molecule has 1 amide bonds. The molecule has 0 aliphatic carbocycles. The van der Waals surface area contributed by atoms with E-state index < -0.39 is 0 Å². The van der Waals surface area contributed by atoms with Crippen LogP contribution in [0.25, 0.3) is 0 Å². The van der Waals surface area contributed by atoms with Crippen LogP contribution in [0.3, 0.4) is 0 Å². The predicted octanol–water partition coefficient (Wildman–Crippen LogP) is 1.63. The fourth-order valence-electron chi connectivity index (χ4n) is 1.52. The summed E-state index contributed by atoms with van der Waals surface area (Å²) in [6, 6.07) is 0. The van der Waals surface area contributed by atoms with Crippen molar-refractivity contribution in [3.05, 3.63) is 0 Å². The molecular formula is C11H24N2OS. The summed E-state index contributed by atoms with van der Waals surface area (Å²) in [5, 5.41) is 6.01. The number of carbonyl (C=O) groups excluding carboxylic acids is 1. The van der Waals surface area contributed by atoms with Crippen molar-refractivity contribution in [2.45, 2.75) is 38.4 Å². The molecule has 0 aromatic carbocycles. The van der Waals surface area contributed by atoms with E-state index in [1.165, 1.54) is 0 Å². The summed E-state index contributed by atoms with van der Waals surface area (Å²) in [7, 11) is 0. The molecule has 4 heteroatoms. The van der Waals surface area contributed by atoms with Crippen molar-refractivity contribution in [2.24, 2.45) is 0 Å². The van der Waals surface area contributed by atoms with Crippen LogP contribution in [0, 0.1) is 0 Å². The Morgan fingerprint density at radius 3 is 2.27 bits per heavy atom. The van der Waals surface area contributed by atoms with Crippen LogP contribution in [-0.4, -0.2) is 36.5 Å². The van der Waals surface area contributed by atoms with Crippen molar-refractivity contribution < 1.29 is 4.79 Å². The number of hydrogen-bond acceptors (Lipinski definition) is 3. The summed E-state index contributed by atoms with van der Waals surface area (Å²) >= 11 is 1.89. The SMILES string of the molecule is CCNC(=O)CNCC(CC)(CC)SC. The van der Waals surface area contributed by atoms with Gasteiger partial charge < -0.3 is 10.6 Å². The van der Waals surface area contributed by atoms with Gasteiger partial charge in [-0.25, -0.2) is 0 Å². The van der Waals surface area contributed by atoms with Crippen molar-refractivity contribution in [1.82, 2.24) is 10.6 Å². The van der Waals surface area contributed by atoms with E-state index in [1.54, 1.807) is 0 Å². The first kappa shape index (κ1) is 14.8. The third-order valence-corrected chi connectivity index (χ3v) is 4.42. The van der Waals surface area contributed by atoms with E-state index >= 15 is 0 Å². The summed E-state index contributed by atoms with van der Waals surface area (Å²) in [6.45, 7) is 8.37. The molecule has 0 aliphatic rings. The zero-order chi connectivity index (χ0) is 11.7. The Hall–Kier alpha value is -0.220. The van der Waals surface area contributed by atoms with E-state index in [9.17, 15) is 4.79 Å². The topological polar surface area (TPSA) is 41.1 Å². The van der Waals surface area contributed by atoms with E-state index in [2.05, 4.69) is 30.7 Å². The average molecular weight is 232 g/mol. The van der Waals surface area contributed by atoms with Crippen LogP contribution >= 0.6 is 11.8 Å². The van der Waals surface area contributed by atoms with Gasteiger partial charge in [-0.15, -0.1) is 0 Å². The lowest BCUT2D eigenvalue weighted by molar-refractivity contribution is -0.120. The van der Waals surface area contributed by atoms with E-state index in [0.29, 0.717) is 13.1 Å². The second-order valence-corrected chi connectivity index (χ2v) is 4.93. The van der Waals surface area contributed by atoms with Gasteiger partial charge in [0.15, 0.2) is 0 Å². The molecule has 0 saturated carbocycles. The van der Waals surface area contributed by atoms with Crippen molar-refractivity contribution in [2.75, 3.05) is 25.9 Å². The molecule has 0 atom stereocenters. The minimum absolute atomic E-state index is 0.0831. The highest BCUT2D eigenvalue weighted by atomic mass is 32.2. The van der Waals surface area contributed by atoms with Crippen molar-refractivity contribution >= 4 is 17.7 Å². The van der Waals surface area contributed by atoms with Gasteiger partial charge in [-0.3, -0.25) is 4.79 Å². The summed E-state index contributed by atoms with van der Waals surface area (Å²) in [4.78, 5) is 11.2. The zero-order valence-corrected chi connectivity index (χ0v) is 11.2. The Morgan fingerprint density at radius 1 is 1.27 bits per heavy atom. The first-order chi connectivity index (χ1) is 7.14. The van der Waals surface area contributed by atoms with Gasteiger partial charge >= 0.3 is 0 Å². The van der Waals surface area contributed by atoms with E-state index in [-0.39, 0.29) is 10.7 Å². The molecule has 3 nitrogen and oxygen atoms in total. The summed E-state index contributed by atoms with van der Waals surface area (Å²) in [6.07, 6.45) is 4.40. The minimum atomic E-state index is 0.0831. The largest absolute Gasteiger partial charge is 0.355 e. The number of rotatable bonds is 8. The summed E-state index contributed by atoms with van der Waals surface area (Å²) < 4.78 is 0.284. The van der Waals surface area contributed by atoms with Gasteiger partial charge in [0.05, 0.1) is 6.54 Å². The zero-order valence-electron chi connectivity index (χ0n) is 10.4. The number of hydrogen-bond donors (Lipinski definition) is 2. The number of nitrogens with one attached hydrogen (secondary N) is 2. The predicted molar refractivity (Wildman–Crippen MR) is 68.4 cm³/mol. The van der Waals surface area contributed by atoms with E-state index in [4.69, 9.17) is 0 Å². The quantitative estimate of drug-likeness (QED) is 0.668. The van der Waals surface area contributed by atoms with Gasteiger partial charge in [-0.05, 0) is 26.0 Å². The third-order valence-electron chi connectivity index (χ3n) is 2.83. The average Bonchev–Trinajstić information content (AvgIpc) is 2.25. The van der Waals surface area contributed by atoms with Crippen LogP contribution in [0.5, 0.6) is 0 Å². The minimum Gasteiger partial charge on any atom is -0.355 e. The van der Waals surface area contributed by atoms with Crippen molar-refractivity contribution in [3.63, 3.8) is 0 Å². The normalized spacial score (nSPS) is 11.5. The molecule has 0 aromatic rings. The maximum Gasteiger partial charge on any atom is 0.233 e. The number of likely N-dealkylation sites (N-methyl/N-ethyl adjacent to an activating group) is 1. The Labute approximate surface area is 97.8 Å². The lowest BCUT2D eigenvalue weighted by atomic mass is 10.0. The van der Waals surface area contributed by atoms with Gasteiger partial charge in [0.25, 0.3) is 0 Å². The molecule has 0 unspecified atom stereocenters. The van der Waals surface area contributed by atoms with Gasteiger partial charge in [0.1, 0.15) is 0 Å². The molecule has 0 heterocycles. The third kappa shape index (κ3) is 5.42. The number of carbonyl (C=O) groups is 1. The van der Waals surface area contributed by atoms with Crippen LogP contribution in [-0.2, 0) is 4.79 Å². The molecule has 0 rings (SSSR count). The first-order valence-corrected chi connectivity index (χ1v) is 6.89. The highest BCUT2D eigenvalue weighted by molar-refractivity contribution is 8.00. The Morgan fingerprint density at radius 2 is 1.87 bits per heavy atom. The second kappa shape index (κ2) is 7.99. The van der Waals surface area contributed by atoms with Gasteiger partial charge in [0.2, 0.25) is 5.91 Å². The molecule has 0 bridgehead atoms. The van der Waals surface area contributed by atoms with Crippen molar-refractivity contribution in [3.8, 4) is 0 Å². The van der Waals surface area contributed by atoms with Crippen molar-refractivity contribution in [1.29, 1.82) is 0 Å². The Kier molecular flexibility index (Phi) is 7.88. The van der Waals surface area contributed by atoms with Gasteiger partial charge in [-0.1, -0.05) is 13.8 Å². The number of thioether (sulfide) groups is 1. The van der Waals surface area contributed by atoms with Crippen LogP contribution in [0.2, 0.25) is 0 Å². The smallest absolute Gasteiger partial charge is 0.233 e. The fourth-order valence-corrected chi connectivity index (χ4v) is 2.35. The Bertz CT molecular complexity index is 173. The monoisotopic (exact) mass is 232 g/mol. The highest BCUT2D eigenvalue weighted by Gasteiger charge is 2.24. The highest BCUT2D eigenvalue weighted by Crippen LogP contribution is 2.29. The fraction of sp³-hybridized carbons (Fsp3) is 0.909. The lowest BCUT2D eigenvalue weighted by Gasteiger charge is -2.29. The molecule has 0 spiro atoms. The molecular weight excluding hydrogens is 208 g/mol. The molecule has 90 valence electrons.